The average molecular weight is 759 g/mol. The molecule has 0 spiro atoms. The first-order valence-corrected chi connectivity index (χ1v) is 18.0. The lowest BCUT2D eigenvalue weighted by molar-refractivity contribution is -0.198. The molecule has 22 nitrogen and oxygen atoms in total. The highest BCUT2D eigenvalue weighted by Gasteiger charge is 2.49. The predicted octanol–water partition coefficient (Wildman–Crippen LogP) is -6.53. The number of fused-ring (bicyclic) bond motifs is 1. The van der Waals surface area contributed by atoms with Gasteiger partial charge in [-0.3, -0.25) is 19.2 Å². The minimum atomic E-state index is -1.62. The Labute approximate surface area is 307 Å². The van der Waals surface area contributed by atoms with E-state index >= 15 is 0 Å². The second kappa shape index (κ2) is 21.7. The van der Waals surface area contributed by atoms with E-state index in [9.17, 15) is 39.3 Å². The summed E-state index contributed by atoms with van der Waals surface area (Å²) in [6, 6.07) is -4.24. The topological polar surface area (TPSA) is 379 Å². The Morgan fingerprint density at radius 1 is 0.925 bits per heavy atom. The predicted molar refractivity (Wildman–Crippen MR) is 189 cm³/mol. The Kier molecular flexibility index (Phi) is 17.8. The van der Waals surface area contributed by atoms with Crippen molar-refractivity contribution >= 4 is 35.7 Å². The molecule has 22 heteroatoms. The van der Waals surface area contributed by atoms with E-state index in [2.05, 4.69) is 36.9 Å². The quantitative estimate of drug-likeness (QED) is 0.0484. The lowest BCUT2D eigenvalue weighted by Gasteiger charge is -2.44. The smallest absolute Gasteiger partial charge is 0.404 e. The second-order valence-electron chi connectivity index (χ2n) is 13.6. The molecule has 302 valence electrons. The number of guanidine groups is 1. The zero-order valence-corrected chi connectivity index (χ0v) is 29.8. The van der Waals surface area contributed by atoms with E-state index in [-0.39, 0.29) is 49.6 Å². The molecule has 2 fully saturated rings. The summed E-state index contributed by atoms with van der Waals surface area (Å²) in [6.45, 7) is 0.570. The number of nitrogens with zero attached hydrogens (tertiary/aromatic N) is 1. The van der Waals surface area contributed by atoms with Crippen molar-refractivity contribution in [2.24, 2.45) is 33.7 Å². The average Bonchev–Trinajstić information content (AvgIpc) is 3.53. The molecule has 53 heavy (non-hydrogen) atoms. The van der Waals surface area contributed by atoms with Crippen molar-refractivity contribution in [2.75, 3.05) is 32.8 Å². The third-order valence-electron chi connectivity index (χ3n) is 9.11. The number of rotatable bonds is 21. The number of β-amino-alcohol motifs (C(OH)–C–C–N with tert-alkyl or cyclic N) is 1. The Morgan fingerprint density at radius 2 is 1.49 bits per heavy atom. The van der Waals surface area contributed by atoms with Crippen LogP contribution in [0.3, 0.4) is 0 Å². The molecular weight excluding hydrogens is 700 g/mol. The minimum absolute atomic E-state index is 0.0174. The fraction of sp³-hybridized carbons (Fsp3) is 0.806. The zero-order valence-electron chi connectivity index (χ0n) is 29.8. The van der Waals surface area contributed by atoms with Gasteiger partial charge in [0.05, 0.1) is 18.8 Å². The van der Waals surface area contributed by atoms with Crippen LogP contribution in [-0.4, -0.2) is 151 Å². The number of carbonyl (C=O) groups excluding carboxylic acids is 5. The molecule has 19 N–H and O–H groups in total. The number of primary amides is 1. The summed E-state index contributed by atoms with van der Waals surface area (Å²) >= 11 is 0. The lowest BCUT2D eigenvalue weighted by atomic mass is 9.95. The molecule has 3 rings (SSSR count). The van der Waals surface area contributed by atoms with E-state index in [1.807, 2.05) is 0 Å². The number of nitrogens with two attached hydrogens (primary N) is 5. The highest BCUT2D eigenvalue weighted by atomic mass is 16.6. The molecule has 3 aliphatic heterocycles. The lowest BCUT2D eigenvalue weighted by Crippen LogP contribution is -2.70. The van der Waals surface area contributed by atoms with Crippen LogP contribution in [0.1, 0.15) is 57.8 Å². The number of piperidine rings is 1. The van der Waals surface area contributed by atoms with Crippen molar-refractivity contribution in [1.29, 1.82) is 0 Å². The summed E-state index contributed by atoms with van der Waals surface area (Å²) in [4.78, 5) is 65.5. The monoisotopic (exact) mass is 758 g/mol. The maximum absolute atomic E-state index is 13.1. The van der Waals surface area contributed by atoms with Gasteiger partial charge in [0, 0.05) is 57.0 Å². The van der Waals surface area contributed by atoms with Gasteiger partial charge in [0.15, 0.2) is 24.3 Å². The fourth-order valence-electron chi connectivity index (χ4n) is 6.31. The molecule has 0 bridgehead atoms. The first kappa shape index (κ1) is 43.5. The molecule has 0 aromatic carbocycles. The van der Waals surface area contributed by atoms with Gasteiger partial charge in [0.1, 0.15) is 18.2 Å². The Balaban J connectivity index is 1.42. The number of aliphatic hydroxyl groups is 3. The molecule has 2 saturated heterocycles. The summed E-state index contributed by atoms with van der Waals surface area (Å²) in [5, 5.41) is 47.9. The largest absolute Gasteiger partial charge is 0.441 e. The van der Waals surface area contributed by atoms with E-state index in [0.29, 0.717) is 51.7 Å². The third kappa shape index (κ3) is 14.1. The summed E-state index contributed by atoms with van der Waals surface area (Å²) < 4.78 is 10.8. The molecular formula is C31H58N12O10. The van der Waals surface area contributed by atoms with Crippen LogP contribution >= 0.6 is 0 Å². The van der Waals surface area contributed by atoms with Crippen LogP contribution in [0.15, 0.2) is 4.99 Å². The first-order valence-electron chi connectivity index (χ1n) is 18.0. The summed E-state index contributed by atoms with van der Waals surface area (Å²) in [5.74, 6) is -1.36. The highest BCUT2D eigenvalue weighted by Crippen LogP contribution is 2.24. The van der Waals surface area contributed by atoms with Crippen LogP contribution in [-0.2, 0) is 28.7 Å². The maximum atomic E-state index is 13.1. The molecule has 5 amide bonds. The van der Waals surface area contributed by atoms with Crippen LogP contribution in [0, 0.1) is 0 Å². The summed E-state index contributed by atoms with van der Waals surface area (Å²) in [6.07, 6.45) is -4.27. The molecule has 11 atom stereocenters. The van der Waals surface area contributed by atoms with Crippen LogP contribution < -0.4 is 60.6 Å². The van der Waals surface area contributed by atoms with E-state index in [1.54, 1.807) is 0 Å². The normalized spacial score (nSPS) is 28.2. The van der Waals surface area contributed by atoms with Gasteiger partial charge < -0.3 is 85.4 Å². The maximum Gasteiger partial charge on any atom is 0.404 e. The van der Waals surface area contributed by atoms with E-state index in [4.69, 9.17) is 38.1 Å². The van der Waals surface area contributed by atoms with Gasteiger partial charge in [0.25, 0.3) is 0 Å². The van der Waals surface area contributed by atoms with Crippen molar-refractivity contribution in [1.82, 2.24) is 31.9 Å². The highest BCUT2D eigenvalue weighted by molar-refractivity contribution is 5.92. The number of aliphatic hydroxyl groups excluding tert-OH is 3. The van der Waals surface area contributed by atoms with Gasteiger partial charge >= 0.3 is 6.09 Å². The number of ether oxygens (including phenoxy) is 2. The van der Waals surface area contributed by atoms with Crippen molar-refractivity contribution in [3.8, 4) is 0 Å². The Morgan fingerprint density at radius 3 is 2.02 bits per heavy atom. The number of nitrogens with one attached hydrogen (secondary N) is 6. The van der Waals surface area contributed by atoms with Gasteiger partial charge in [0.2, 0.25) is 23.6 Å². The first-order chi connectivity index (χ1) is 25.2. The molecule has 0 aliphatic carbocycles. The Bertz CT molecular complexity index is 1260. The molecule has 0 aromatic heterocycles. The molecule has 3 heterocycles. The molecule has 0 saturated carbocycles. The van der Waals surface area contributed by atoms with E-state index in [1.165, 1.54) is 0 Å². The molecule has 0 radical (unpaired) electrons. The van der Waals surface area contributed by atoms with Crippen LogP contribution in [0.5, 0.6) is 0 Å². The van der Waals surface area contributed by atoms with Gasteiger partial charge in [-0.15, -0.1) is 0 Å². The standard InChI is InChI=1S/C31H58N12O10/c32-7-1-4-15(33)10-20(46)37-8-2-5-16(34)11-21(47)38-9-3-6-17(35)12-22(48)40-25-26(49)27(53-30(36)51)19(14-44)52-29(25)43-31-41-23-18(45)13-39-28(50)24(23)42-31/h15-19,23-27,29,44-45,49H,1-14,32-35H2,(H2,36,51)(H,37,46)(H,38,47)(H,39,50)(H,40,48)(H2,41,42,43)/t15-,16-,17-,18+,19+,23+,24+,25+,26-,27-,29+/m0/s1. The molecule has 0 unspecified atom stereocenters. The summed E-state index contributed by atoms with van der Waals surface area (Å²) in [5.41, 5.74) is 28.8. The molecule has 3 aliphatic rings. The fourth-order valence-corrected chi connectivity index (χ4v) is 6.31. The number of hydrogen-bond donors (Lipinski definition) is 14. The van der Waals surface area contributed by atoms with Crippen LogP contribution in [0.25, 0.3) is 0 Å². The SMILES string of the molecule is NCCC[C@H](N)CC(=O)NCCC[C@H](N)CC(=O)NCCC[C@H](N)CC(=O)N[C@@H]1[C@H](O)[C@@H](OC(N)=O)[C@@H](CO)O[C@H]1NC1=N[C@H]2C(=O)NC[C@@H](O)[C@H]2N1. The van der Waals surface area contributed by atoms with Gasteiger partial charge in [-0.25, -0.2) is 9.79 Å². The number of carbonyl (C=O) groups is 5. The van der Waals surface area contributed by atoms with Crippen molar-refractivity contribution < 1.29 is 48.8 Å². The third-order valence-corrected chi connectivity index (χ3v) is 9.11. The molecule has 0 aromatic rings. The number of hydrogen-bond acceptors (Lipinski definition) is 17. The summed E-state index contributed by atoms with van der Waals surface area (Å²) in [7, 11) is 0. The van der Waals surface area contributed by atoms with Crippen molar-refractivity contribution in [2.45, 2.75) is 125 Å². The number of amides is 5. The zero-order chi connectivity index (χ0) is 39.1. The van der Waals surface area contributed by atoms with Crippen molar-refractivity contribution in [3.05, 3.63) is 0 Å². The van der Waals surface area contributed by atoms with Crippen LogP contribution in [0.4, 0.5) is 4.79 Å². The van der Waals surface area contributed by atoms with Crippen LogP contribution in [0.2, 0.25) is 0 Å². The van der Waals surface area contributed by atoms with Crippen molar-refractivity contribution in [3.63, 3.8) is 0 Å². The van der Waals surface area contributed by atoms with E-state index < -0.39 is 85.4 Å². The van der Waals surface area contributed by atoms with Gasteiger partial charge in [-0.1, -0.05) is 0 Å². The van der Waals surface area contributed by atoms with Gasteiger partial charge in [-0.2, -0.15) is 0 Å². The number of aliphatic imine (C=N–C) groups is 1. The Hall–Kier alpha value is -3.90. The van der Waals surface area contributed by atoms with Gasteiger partial charge in [-0.05, 0) is 45.1 Å². The minimum Gasteiger partial charge on any atom is -0.441 e. The van der Waals surface area contributed by atoms with E-state index in [0.717, 1.165) is 6.42 Å². The second-order valence-corrected chi connectivity index (χ2v) is 13.6.